The van der Waals surface area contributed by atoms with Crippen molar-refractivity contribution in [1.29, 1.82) is 0 Å². The summed E-state index contributed by atoms with van der Waals surface area (Å²) < 4.78 is 37.0. The van der Waals surface area contributed by atoms with Crippen molar-refractivity contribution in [2.45, 2.75) is 18.9 Å². The van der Waals surface area contributed by atoms with Crippen LogP contribution in [0.2, 0.25) is 0 Å². The molecule has 26 heavy (non-hydrogen) atoms. The van der Waals surface area contributed by atoms with Gasteiger partial charge in [0.25, 0.3) is 5.56 Å². The molecule has 0 radical (unpaired) electrons. The second kappa shape index (κ2) is 5.41. The number of nitrogens with zero attached hydrogens (tertiary/aromatic N) is 2. The van der Waals surface area contributed by atoms with Gasteiger partial charge in [0, 0.05) is 32.2 Å². The van der Waals surface area contributed by atoms with Gasteiger partial charge in [0.2, 0.25) is 11.1 Å². The summed E-state index contributed by atoms with van der Waals surface area (Å²) in [5.74, 6) is -1.58. The molecule has 1 aromatic carbocycles. The first-order valence-electron chi connectivity index (χ1n) is 8.61. The van der Waals surface area contributed by atoms with E-state index in [1.165, 1.54) is 4.57 Å². The second-order valence-electron chi connectivity index (χ2n) is 6.80. The molecule has 0 spiro atoms. The van der Waals surface area contributed by atoms with E-state index in [1.807, 2.05) is 0 Å². The molecule has 0 bridgehead atoms. The van der Waals surface area contributed by atoms with Gasteiger partial charge in [-0.25, -0.2) is 8.78 Å². The Balaban J connectivity index is 1.92. The SMILES string of the molecule is O=c1[nH]oc2c1c(=O)c1cc(F)c(N3CCNCC3)c(F)c1n2C1CC1. The second-order valence-corrected chi connectivity index (χ2v) is 6.80. The predicted molar refractivity (Wildman–Crippen MR) is 91.9 cm³/mol. The summed E-state index contributed by atoms with van der Waals surface area (Å²) >= 11 is 0. The summed E-state index contributed by atoms with van der Waals surface area (Å²) in [6.45, 7) is 2.18. The smallest absolute Gasteiger partial charge is 0.293 e. The molecular formula is C17H16F2N4O3. The fourth-order valence-electron chi connectivity index (χ4n) is 3.77. The average Bonchev–Trinajstić information content (AvgIpc) is 3.39. The first kappa shape index (κ1) is 15.6. The Morgan fingerprint density at radius 1 is 1.15 bits per heavy atom. The summed E-state index contributed by atoms with van der Waals surface area (Å²) in [7, 11) is 0. The lowest BCUT2D eigenvalue weighted by molar-refractivity contribution is 0.427. The van der Waals surface area contributed by atoms with E-state index in [9.17, 15) is 14.0 Å². The van der Waals surface area contributed by atoms with E-state index >= 15 is 4.39 Å². The molecular weight excluding hydrogens is 346 g/mol. The largest absolute Gasteiger partial charge is 0.364 e. The number of anilines is 1. The lowest BCUT2D eigenvalue weighted by Crippen LogP contribution is -2.44. The third-order valence-electron chi connectivity index (χ3n) is 5.13. The van der Waals surface area contributed by atoms with Crippen molar-refractivity contribution in [2.24, 2.45) is 0 Å². The highest BCUT2D eigenvalue weighted by molar-refractivity contribution is 5.93. The van der Waals surface area contributed by atoms with Gasteiger partial charge in [-0.05, 0) is 18.9 Å². The Morgan fingerprint density at radius 2 is 1.88 bits per heavy atom. The molecule has 2 aromatic heterocycles. The summed E-state index contributed by atoms with van der Waals surface area (Å²) in [5, 5.41) is 4.95. The molecule has 0 unspecified atom stereocenters. The number of rotatable bonds is 2. The summed E-state index contributed by atoms with van der Waals surface area (Å²) in [5.41, 5.74) is -1.51. The van der Waals surface area contributed by atoms with Gasteiger partial charge in [-0.3, -0.25) is 9.59 Å². The predicted octanol–water partition coefficient (Wildman–Crippen LogP) is 1.46. The Labute approximate surface area is 145 Å². The minimum atomic E-state index is -0.796. The fraction of sp³-hybridized carbons (Fsp3) is 0.412. The number of nitrogens with one attached hydrogen (secondary N) is 2. The third-order valence-corrected chi connectivity index (χ3v) is 5.13. The van der Waals surface area contributed by atoms with E-state index in [0.29, 0.717) is 26.2 Å². The zero-order valence-corrected chi connectivity index (χ0v) is 13.8. The Bertz CT molecular complexity index is 1150. The van der Waals surface area contributed by atoms with Gasteiger partial charge in [-0.1, -0.05) is 0 Å². The number of hydrogen-bond donors (Lipinski definition) is 2. The van der Waals surface area contributed by atoms with Gasteiger partial charge in [0.05, 0.1) is 10.9 Å². The number of aromatic amines is 1. The molecule has 5 rings (SSSR count). The molecule has 7 nitrogen and oxygen atoms in total. The number of aromatic nitrogens is 2. The maximum Gasteiger partial charge on any atom is 0.293 e. The number of hydrogen-bond acceptors (Lipinski definition) is 5. The van der Waals surface area contributed by atoms with Crippen molar-refractivity contribution < 1.29 is 13.3 Å². The van der Waals surface area contributed by atoms with Gasteiger partial charge >= 0.3 is 0 Å². The molecule has 3 aromatic rings. The van der Waals surface area contributed by atoms with Crippen LogP contribution in [-0.4, -0.2) is 35.9 Å². The summed E-state index contributed by atoms with van der Waals surface area (Å²) in [6, 6.07) is 0.971. The van der Waals surface area contributed by atoms with Gasteiger partial charge in [0.1, 0.15) is 11.5 Å². The number of pyridine rings is 1. The molecule has 2 N–H and O–H groups in total. The maximum atomic E-state index is 15.5. The quantitative estimate of drug-likeness (QED) is 0.721. The average molecular weight is 362 g/mol. The third kappa shape index (κ3) is 2.06. The van der Waals surface area contributed by atoms with Gasteiger partial charge in [-0.15, -0.1) is 0 Å². The molecule has 1 aliphatic heterocycles. The highest BCUT2D eigenvalue weighted by atomic mass is 19.1. The normalized spacial score (nSPS) is 18.2. The summed E-state index contributed by atoms with van der Waals surface area (Å²) in [4.78, 5) is 26.3. The zero-order valence-electron chi connectivity index (χ0n) is 13.8. The van der Waals surface area contributed by atoms with Crippen LogP contribution in [0.4, 0.5) is 14.5 Å². The highest BCUT2D eigenvalue weighted by Gasteiger charge is 2.33. The molecule has 2 aliphatic rings. The van der Waals surface area contributed by atoms with E-state index in [0.717, 1.165) is 18.9 Å². The lowest BCUT2D eigenvalue weighted by atomic mass is 10.1. The van der Waals surface area contributed by atoms with Crippen LogP contribution in [0, 0.1) is 11.6 Å². The van der Waals surface area contributed by atoms with Crippen molar-refractivity contribution >= 4 is 27.7 Å². The first-order chi connectivity index (χ1) is 12.6. The molecule has 1 saturated heterocycles. The van der Waals surface area contributed by atoms with Gasteiger partial charge in [0.15, 0.2) is 11.2 Å². The van der Waals surface area contributed by atoms with E-state index in [4.69, 9.17) is 4.52 Å². The topological polar surface area (TPSA) is 83.3 Å². The van der Waals surface area contributed by atoms with Crippen LogP contribution < -0.4 is 21.2 Å². The van der Waals surface area contributed by atoms with Crippen LogP contribution in [0.5, 0.6) is 0 Å². The molecule has 0 amide bonds. The molecule has 3 heterocycles. The number of fused-ring (bicyclic) bond motifs is 2. The lowest BCUT2D eigenvalue weighted by Gasteiger charge is -2.30. The van der Waals surface area contributed by atoms with Crippen molar-refractivity contribution in [2.75, 3.05) is 31.1 Å². The number of piperazine rings is 1. The molecule has 0 atom stereocenters. The van der Waals surface area contributed by atoms with E-state index < -0.39 is 22.6 Å². The standard InChI is InChI=1S/C17H16F2N4O3/c18-10-7-9-13(12(19)14(10)22-5-3-20-4-6-22)23(8-1-2-8)17-11(15(9)24)16(25)21-26-17/h7-8,20H,1-6H2,(H,21,25). The molecule has 2 fully saturated rings. The molecule has 1 saturated carbocycles. The van der Waals surface area contributed by atoms with Crippen LogP contribution in [0.3, 0.4) is 0 Å². The monoisotopic (exact) mass is 362 g/mol. The highest BCUT2D eigenvalue weighted by Crippen LogP contribution is 2.41. The van der Waals surface area contributed by atoms with E-state index in [2.05, 4.69) is 10.5 Å². The number of halogens is 2. The molecule has 136 valence electrons. The Kier molecular flexibility index (Phi) is 3.24. The number of H-pyrrole nitrogens is 1. The van der Waals surface area contributed by atoms with Gasteiger partial charge < -0.3 is 19.3 Å². The molecule has 1 aliphatic carbocycles. The van der Waals surface area contributed by atoms with E-state index in [1.54, 1.807) is 4.90 Å². The van der Waals surface area contributed by atoms with Crippen LogP contribution in [0.25, 0.3) is 22.0 Å². The Morgan fingerprint density at radius 3 is 2.58 bits per heavy atom. The molecule has 9 heteroatoms. The van der Waals surface area contributed by atoms with Crippen molar-refractivity contribution in [3.8, 4) is 0 Å². The van der Waals surface area contributed by atoms with Gasteiger partial charge in [-0.2, -0.15) is 5.16 Å². The van der Waals surface area contributed by atoms with Crippen LogP contribution >= 0.6 is 0 Å². The zero-order chi connectivity index (χ0) is 18.0. The van der Waals surface area contributed by atoms with Crippen LogP contribution in [0.1, 0.15) is 18.9 Å². The van der Waals surface area contributed by atoms with Crippen molar-refractivity contribution in [1.82, 2.24) is 15.0 Å². The fourth-order valence-corrected chi connectivity index (χ4v) is 3.77. The number of benzene rings is 1. The maximum absolute atomic E-state index is 15.5. The first-order valence-corrected chi connectivity index (χ1v) is 8.61. The van der Waals surface area contributed by atoms with Crippen LogP contribution in [0.15, 0.2) is 20.2 Å². The van der Waals surface area contributed by atoms with Crippen molar-refractivity contribution in [3.05, 3.63) is 38.3 Å². The van der Waals surface area contributed by atoms with Crippen molar-refractivity contribution in [3.63, 3.8) is 0 Å². The Hall–Kier alpha value is -2.68. The van der Waals surface area contributed by atoms with E-state index in [-0.39, 0.29) is 33.7 Å². The summed E-state index contributed by atoms with van der Waals surface area (Å²) in [6.07, 6.45) is 1.56. The minimum Gasteiger partial charge on any atom is -0.364 e. The minimum absolute atomic E-state index is 0.00248. The van der Waals surface area contributed by atoms with Crippen LogP contribution in [-0.2, 0) is 0 Å².